The van der Waals surface area contributed by atoms with E-state index in [0.717, 1.165) is 17.5 Å². The molecule has 3 rings (SSSR count). The van der Waals surface area contributed by atoms with E-state index in [1.54, 1.807) is 0 Å². The summed E-state index contributed by atoms with van der Waals surface area (Å²) in [7, 11) is 0. The molecule has 0 radical (unpaired) electrons. The van der Waals surface area contributed by atoms with Crippen LogP contribution in [-0.2, 0) is 9.47 Å². The Morgan fingerprint density at radius 1 is 1.04 bits per heavy atom. The third-order valence-electron chi connectivity index (χ3n) is 4.23. The normalized spacial score (nSPS) is 21.3. The predicted octanol–water partition coefficient (Wildman–Crippen LogP) is 4.32. The molecular weight excluding hydrogens is 288 g/mol. The summed E-state index contributed by atoms with van der Waals surface area (Å²) in [6.07, 6.45) is 1.08. The van der Waals surface area contributed by atoms with Crippen molar-refractivity contribution in [2.24, 2.45) is 0 Å². The maximum Gasteiger partial charge on any atom is 0.163 e. The number of benzene rings is 2. The van der Waals surface area contributed by atoms with Crippen LogP contribution < -0.4 is 0 Å². The van der Waals surface area contributed by atoms with Gasteiger partial charge in [-0.2, -0.15) is 0 Å². The lowest BCUT2D eigenvalue weighted by Gasteiger charge is -2.18. The monoisotopic (exact) mass is 312 g/mol. The van der Waals surface area contributed by atoms with Crippen LogP contribution in [0.2, 0.25) is 0 Å². The highest BCUT2D eigenvalue weighted by Gasteiger charge is 2.32. The number of rotatable bonds is 5. The van der Waals surface area contributed by atoms with E-state index in [1.807, 2.05) is 44.2 Å². The highest BCUT2D eigenvalue weighted by molar-refractivity contribution is 5.63. The molecule has 122 valence electrons. The van der Waals surface area contributed by atoms with Crippen LogP contribution in [0.15, 0.2) is 54.6 Å². The van der Waals surface area contributed by atoms with Crippen LogP contribution in [0.5, 0.6) is 0 Å². The molecule has 3 heteroatoms. The Kier molecular flexibility index (Phi) is 4.81. The molecule has 1 heterocycles. The fourth-order valence-corrected chi connectivity index (χ4v) is 2.94. The maximum atomic E-state index is 10.4. The first-order valence-electron chi connectivity index (χ1n) is 8.19. The van der Waals surface area contributed by atoms with Crippen molar-refractivity contribution >= 4 is 0 Å². The molecule has 1 N–H and O–H groups in total. The minimum atomic E-state index is -0.493. The summed E-state index contributed by atoms with van der Waals surface area (Å²) in [5.41, 5.74) is 3.30. The Bertz CT molecular complexity index is 619. The quantitative estimate of drug-likeness (QED) is 0.893. The summed E-state index contributed by atoms with van der Waals surface area (Å²) in [5, 5.41) is 10.4. The first kappa shape index (κ1) is 16.2. The summed E-state index contributed by atoms with van der Waals surface area (Å²) in [6, 6.07) is 18.4. The smallest absolute Gasteiger partial charge is 0.163 e. The fourth-order valence-electron chi connectivity index (χ4n) is 2.94. The van der Waals surface area contributed by atoms with E-state index in [2.05, 4.69) is 24.3 Å². The van der Waals surface area contributed by atoms with Crippen LogP contribution in [0, 0.1) is 0 Å². The summed E-state index contributed by atoms with van der Waals surface area (Å²) < 4.78 is 11.3. The molecule has 2 aromatic rings. The first-order chi connectivity index (χ1) is 11.0. The highest BCUT2D eigenvalue weighted by Crippen LogP contribution is 2.28. The lowest BCUT2D eigenvalue weighted by Crippen LogP contribution is -2.21. The van der Waals surface area contributed by atoms with Gasteiger partial charge in [0.25, 0.3) is 0 Å². The zero-order valence-electron chi connectivity index (χ0n) is 13.7. The van der Waals surface area contributed by atoms with Gasteiger partial charge in [0, 0.05) is 0 Å². The van der Waals surface area contributed by atoms with Gasteiger partial charge in [-0.15, -0.1) is 0 Å². The van der Waals surface area contributed by atoms with E-state index >= 15 is 0 Å². The maximum absolute atomic E-state index is 10.4. The predicted molar refractivity (Wildman–Crippen MR) is 91.0 cm³/mol. The summed E-state index contributed by atoms with van der Waals surface area (Å²) in [4.78, 5) is 0. The average Bonchev–Trinajstić information content (AvgIpc) is 2.93. The van der Waals surface area contributed by atoms with Gasteiger partial charge in [0.2, 0.25) is 0 Å². The van der Waals surface area contributed by atoms with E-state index in [0.29, 0.717) is 13.0 Å². The Balaban J connectivity index is 1.57. The van der Waals surface area contributed by atoms with Crippen molar-refractivity contribution in [1.82, 2.24) is 0 Å². The van der Waals surface area contributed by atoms with Gasteiger partial charge in [0.15, 0.2) is 5.79 Å². The van der Waals surface area contributed by atoms with E-state index in [1.165, 1.54) is 5.56 Å². The van der Waals surface area contributed by atoms with Crippen LogP contribution >= 0.6 is 0 Å². The standard InChI is InChI=1S/C20H24O3/c1-20(2)22-14-18(23-20)12-13-19(21)17-10-8-16(9-11-17)15-6-4-3-5-7-15/h3-11,18-19,21H,12-14H2,1-2H3. The van der Waals surface area contributed by atoms with Crippen molar-refractivity contribution in [3.63, 3.8) is 0 Å². The molecule has 3 nitrogen and oxygen atoms in total. The van der Waals surface area contributed by atoms with Crippen molar-refractivity contribution in [3.8, 4) is 11.1 Å². The Morgan fingerprint density at radius 2 is 1.70 bits per heavy atom. The Labute approximate surface area is 137 Å². The van der Waals surface area contributed by atoms with Gasteiger partial charge >= 0.3 is 0 Å². The number of aliphatic hydroxyl groups excluding tert-OH is 1. The van der Waals surface area contributed by atoms with E-state index < -0.39 is 11.9 Å². The first-order valence-corrected chi connectivity index (χ1v) is 8.19. The van der Waals surface area contributed by atoms with Gasteiger partial charge in [-0.1, -0.05) is 54.6 Å². The van der Waals surface area contributed by atoms with Gasteiger partial charge in [0.05, 0.1) is 18.8 Å². The second-order valence-corrected chi connectivity index (χ2v) is 6.53. The van der Waals surface area contributed by atoms with Gasteiger partial charge in [0.1, 0.15) is 0 Å². The molecule has 0 amide bonds. The fraction of sp³-hybridized carbons (Fsp3) is 0.400. The zero-order valence-corrected chi connectivity index (χ0v) is 13.7. The molecular formula is C20H24O3. The molecule has 2 unspecified atom stereocenters. The molecule has 2 aromatic carbocycles. The van der Waals surface area contributed by atoms with E-state index in [9.17, 15) is 5.11 Å². The molecule has 23 heavy (non-hydrogen) atoms. The van der Waals surface area contributed by atoms with Crippen LogP contribution in [0.1, 0.15) is 38.4 Å². The summed E-state index contributed by atoms with van der Waals surface area (Å²) in [6.45, 7) is 4.45. The third-order valence-corrected chi connectivity index (χ3v) is 4.23. The van der Waals surface area contributed by atoms with Gasteiger partial charge < -0.3 is 14.6 Å². The van der Waals surface area contributed by atoms with Gasteiger partial charge in [-0.3, -0.25) is 0 Å². The van der Waals surface area contributed by atoms with E-state index in [-0.39, 0.29) is 6.10 Å². The molecule has 0 aromatic heterocycles. The molecule has 2 atom stereocenters. The zero-order chi connectivity index (χ0) is 16.3. The number of aliphatic hydroxyl groups is 1. The molecule has 1 aliphatic heterocycles. The van der Waals surface area contributed by atoms with Crippen LogP contribution in [0.4, 0.5) is 0 Å². The van der Waals surface area contributed by atoms with Crippen LogP contribution in [0.3, 0.4) is 0 Å². The molecule has 1 fully saturated rings. The molecule has 0 saturated carbocycles. The lowest BCUT2D eigenvalue weighted by molar-refractivity contribution is -0.139. The minimum Gasteiger partial charge on any atom is -0.388 e. The van der Waals surface area contributed by atoms with Crippen LogP contribution in [-0.4, -0.2) is 23.6 Å². The van der Waals surface area contributed by atoms with Gasteiger partial charge in [-0.05, 0) is 43.4 Å². The lowest BCUT2D eigenvalue weighted by atomic mass is 9.99. The van der Waals surface area contributed by atoms with Crippen molar-refractivity contribution in [2.45, 2.75) is 44.7 Å². The third kappa shape index (κ3) is 4.20. The van der Waals surface area contributed by atoms with Crippen molar-refractivity contribution in [2.75, 3.05) is 6.61 Å². The average molecular weight is 312 g/mol. The van der Waals surface area contributed by atoms with Crippen LogP contribution in [0.25, 0.3) is 11.1 Å². The minimum absolute atomic E-state index is 0.0724. The molecule has 0 aliphatic carbocycles. The Hall–Kier alpha value is -1.68. The van der Waals surface area contributed by atoms with E-state index in [4.69, 9.17) is 9.47 Å². The number of ether oxygens (including phenoxy) is 2. The van der Waals surface area contributed by atoms with Crippen molar-refractivity contribution in [3.05, 3.63) is 60.2 Å². The SMILES string of the molecule is CC1(C)OCC(CCC(O)c2ccc(-c3ccccc3)cc2)O1. The second-order valence-electron chi connectivity index (χ2n) is 6.53. The summed E-state index contributed by atoms with van der Waals surface area (Å²) in [5.74, 6) is -0.493. The molecule has 1 saturated heterocycles. The second kappa shape index (κ2) is 6.83. The number of hydrogen-bond acceptors (Lipinski definition) is 3. The van der Waals surface area contributed by atoms with Gasteiger partial charge in [-0.25, -0.2) is 0 Å². The van der Waals surface area contributed by atoms with Crippen molar-refractivity contribution in [1.29, 1.82) is 0 Å². The Morgan fingerprint density at radius 3 is 2.30 bits per heavy atom. The highest BCUT2D eigenvalue weighted by atomic mass is 16.7. The largest absolute Gasteiger partial charge is 0.388 e. The van der Waals surface area contributed by atoms with Crippen molar-refractivity contribution < 1.29 is 14.6 Å². The topological polar surface area (TPSA) is 38.7 Å². The molecule has 1 aliphatic rings. The molecule has 0 spiro atoms. The number of hydrogen-bond donors (Lipinski definition) is 1. The molecule has 0 bridgehead atoms. The summed E-state index contributed by atoms with van der Waals surface area (Å²) >= 11 is 0.